The lowest BCUT2D eigenvalue weighted by molar-refractivity contribution is 0.531. The van der Waals surface area contributed by atoms with Crippen LogP contribution in [0, 0.1) is 6.92 Å². The molecule has 0 saturated carbocycles. The van der Waals surface area contributed by atoms with E-state index in [0.29, 0.717) is 0 Å². The maximum atomic E-state index is 4.10. The molecule has 1 unspecified atom stereocenters. The predicted octanol–water partition coefficient (Wildman–Crippen LogP) is 5.21. The summed E-state index contributed by atoms with van der Waals surface area (Å²) in [6.07, 6.45) is 17.7. The van der Waals surface area contributed by atoms with E-state index in [9.17, 15) is 0 Å². The topological polar surface area (TPSA) is 54.5 Å². The highest BCUT2D eigenvalue weighted by Gasteiger charge is 2.08. The highest BCUT2D eigenvalue weighted by atomic mass is 15.5. The van der Waals surface area contributed by atoms with Crippen molar-refractivity contribution in [3.05, 3.63) is 12.7 Å². The largest absolute Gasteiger partial charge is 0.243 e. The van der Waals surface area contributed by atoms with Gasteiger partial charge >= 0.3 is 0 Å². The van der Waals surface area contributed by atoms with E-state index >= 15 is 0 Å². The normalized spacial score (nSPS) is 12.7. The van der Waals surface area contributed by atoms with E-state index in [2.05, 4.69) is 34.5 Å². The van der Waals surface area contributed by atoms with E-state index in [4.69, 9.17) is 0 Å². The van der Waals surface area contributed by atoms with Gasteiger partial charge in [-0.1, -0.05) is 84.0 Å². The molecular weight excluding hydrogens is 260 g/mol. The van der Waals surface area contributed by atoms with Gasteiger partial charge in [-0.25, -0.2) is 5.10 Å². The van der Waals surface area contributed by atoms with Gasteiger partial charge in [0.25, 0.3) is 0 Å². The summed E-state index contributed by atoms with van der Waals surface area (Å²) in [7, 11) is 0. The second-order valence-corrected chi connectivity index (χ2v) is 6.16. The first kappa shape index (κ1) is 18.1. The standard InChI is InChI=1S/C17H33N4/c1-3-4-5-6-7-8-9-10-11-12-13-14-15-16(2)17-18-20-21-19-17/h16H,2-15H2,1H3,(H,18,19,20,21). The SMILES string of the molecule is [CH2]C(CCCCCCCCCCCCCC)c1nnn[nH]1. The fraction of sp³-hybridized carbons (Fsp3) is 0.882. The lowest BCUT2D eigenvalue weighted by Gasteiger charge is -2.06. The molecule has 1 rings (SSSR count). The van der Waals surface area contributed by atoms with Gasteiger partial charge in [-0.05, 0) is 23.8 Å². The van der Waals surface area contributed by atoms with Crippen LogP contribution in [0.4, 0.5) is 0 Å². The van der Waals surface area contributed by atoms with Crippen molar-refractivity contribution in [3.63, 3.8) is 0 Å². The summed E-state index contributed by atoms with van der Waals surface area (Å²) in [4.78, 5) is 0. The summed E-state index contributed by atoms with van der Waals surface area (Å²) in [6, 6.07) is 0. The summed E-state index contributed by atoms with van der Waals surface area (Å²) in [5.41, 5.74) is 0. The van der Waals surface area contributed by atoms with Crippen molar-refractivity contribution in [2.75, 3.05) is 0 Å². The minimum Gasteiger partial charge on any atom is -0.243 e. The van der Waals surface area contributed by atoms with Crippen molar-refractivity contribution in [2.45, 2.75) is 96.3 Å². The number of nitrogens with zero attached hydrogens (tertiary/aromatic N) is 3. The minimum absolute atomic E-state index is 0.211. The fourth-order valence-electron chi connectivity index (χ4n) is 2.71. The number of H-pyrrole nitrogens is 1. The molecule has 1 aromatic heterocycles. The number of aromatic amines is 1. The third-order valence-corrected chi connectivity index (χ3v) is 4.15. The molecule has 0 aliphatic rings. The molecule has 0 spiro atoms. The number of hydrogen-bond donors (Lipinski definition) is 1. The quantitative estimate of drug-likeness (QED) is 0.479. The van der Waals surface area contributed by atoms with Crippen molar-refractivity contribution in [1.82, 2.24) is 20.6 Å². The van der Waals surface area contributed by atoms with Gasteiger partial charge in [-0.3, -0.25) is 0 Å². The summed E-state index contributed by atoms with van der Waals surface area (Å²) in [6.45, 7) is 6.37. The van der Waals surface area contributed by atoms with Gasteiger partial charge in [-0.15, -0.1) is 5.10 Å². The van der Waals surface area contributed by atoms with Gasteiger partial charge < -0.3 is 0 Å². The van der Waals surface area contributed by atoms with E-state index < -0.39 is 0 Å². The van der Waals surface area contributed by atoms with Crippen LogP contribution >= 0.6 is 0 Å². The molecular formula is C17H33N4. The van der Waals surface area contributed by atoms with Crippen LogP contribution in [0.25, 0.3) is 0 Å². The Morgan fingerprint density at radius 2 is 1.38 bits per heavy atom. The lowest BCUT2D eigenvalue weighted by atomic mass is 10.0. The van der Waals surface area contributed by atoms with Gasteiger partial charge in [-0.2, -0.15) is 0 Å². The summed E-state index contributed by atoms with van der Waals surface area (Å²) >= 11 is 0. The van der Waals surface area contributed by atoms with Crippen molar-refractivity contribution in [1.29, 1.82) is 0 Å². The van der Waals surface area contributed by atoms with Crippen LogP contribution in [0.2, 0.25) is 0 Å². The fourth-order valence-corrected chi connectivity index (χ4v) is 2.71. The molecule has 1 aromatic rings. The molecule has 1 heterocycles. The molecule has 1 atom stereocenters. The van der Waals surface area contributed by atoms with Crippen LogP contribution in [0.15, 0.2) is 0 Å². The number of rotatable bonds is 14. The molecule has 121 valence electrons. The van der Waals surface area contributed by atoms with Crippen LogP contribution in [0.3, 0.4) is 0 Å². The predicted molar refractivity (Wildman–Crippen MR) is 88.0 cm³/mol. The third kappa shape index (κ3) is 9.59. The Labute approximate surface area is 130 Å². The minimum atomic E-state index is 0.211. The Hall–Kier alpha value is -0.930. The maximum Gasteiger partial charge on any atom is 0.151 e. The van der Waals surface area contributed by atoms with Crippen LogP contribution in [0.5, 0.6) is 0 Å². The monoisotopic (exact) mass is 293 g/mol. The molecule has 0 bridgehead atoms. The van der Waals surface area contributed by atoms with Gasteiger partial charge in [0.1, 0.15) is 0 Å². The van der Waals surface area contributed by atoms with Crippen molar-refractivity contribution in [2.24, 2.45) is 0 Å². The summed E-state index contributed by atoms with van der Waals surface area (Å²) < 4.78 is 0. The van der Waals surface area contributed by atoms with Gasteiger partial charge in [0, 0.05) is 5.92 Å². The molecule has 0 fully saturated rings. The number of unbranched alkanes of at least 4 members (excludes halogenated alkanes) is 11. The van der Waals surface area contributed by atoms with Crippen LogP contribution < -0.4 is 0 Å². The van der Waals surface area contributed by atoms with Gasteiger partial charge in [0.15, 0.2) is 5.82 Å². The first-order chi connectivity index (χ1) is 10.3. The number of nitrogens with one attached hydrogen (secondary N) is 1. The van der Waals surface area contributed by atoms with Crippen LogP contribution in [-0.4, -0.2) is 20.6 Å². The Kier molecular flexibility index (Phi) is 11.0. The molecule has 4 nitrogen and oxygen atoms in total. The maximum absolute atomic E-state index is 4.10. The van der Waals surface area contributed by atoms with Gasteiger partial charge in [0.05, 0.1) is 0 Å². The second kappa shape index (κ2) is 12.8. The lowest BCUT2D eigenvalue weighted by Crippen LogP contribution is -1.97. The Morgan fingerprint density at radius 1 is 0.857 bits per heavy atom. The molecule has 0 aromatic carbocycles. The molecule has 4 heteroatoms. The zero-order valence-electron chi connectivity index (χ0n) is 13.8. The van der Waals surface area contributed by atoms with E-state index in [0.717, 1.165) is 12.2 Å². The molecule has 0 amide bonds. The van der Waals surface area contributed by atoms with E-state index in [-0.39, 0.29) is 5.92 Å². The first-order valence-electron chi connectivity index (χ1n) is 8.91. The number of tetrazole rings is 1. The van der Waals surface area contributed by atoms with Gasteiger partial charge in [0.2, 0.25) is 0 Å². The molecule has 21 heavy (non-hydrogen) atoms. The smallest absolute Gasteiger partial charge is 0.151 e. The molecule has 1 N–H and O–H groups in total. The zero-order chi connectivity index (χ0) is 15.2. The Balaban J connectivity index is 1.78. The second-order valence-electron chi connectivity index (χ2n) is 6.16. The third-order valence-electron chi connectivity index (χ3n) is 4.15. The molecule has 0 aliphatic carbocycles. The highest BCUT2D eigenvalue weighted by Crippen LogP contribution is 2.18. The van der Waals surface area contributed by atoms with Crippen LogP contribution in [0.1, 0.15) is 102 Å². The van der Waals surface area contributed by atoms with E-state index in [1.807, 2.05) is 0 Å². The number of hydrogen-bond acceptors (Lipinski definition) is 3. The zero-order valence-corrected chi connectivity index (χ0v) is 13.8. The Morgan fingerprint density at radius 3 is 1.86 bits per heavy atom. The molecule has 0 aliphatic heterocycles. The Bertz CT molecular complexity index is 311. The summed E-state index contributed by atoms with van der Waals surface area (Å²) in [5.74, 6) is 1.03. The van der Waals surface area contributed by atoms with E-state index in [1.165, 1.54) is 77.0 Å². The molecule has 0 saturated heterocycles. The first-order valence-corrected chi connectivity index (χ1v) is 8.91. The van der Waals surface area contributed by atoms with Crippen molar-refractivity contribution >= 4 is 0 Å². The van der Waals surface area contributed by atoms with Crippen molar-refractivity contribution < 1.29 is 0 Å². The molecule has 1 radical (unpaired) electrons. The van der Waals surface area contributed by atoms with Crippen molar-refractivity contribution in [3.8, 4) is 0 Å². The van der Waals surface area contributed by atoms with Crippen LogP contribution in [-0.2, 0) is 0 Å². The average molecular weight is 293 g/mol. The number of aromatic nitrogens is 4. The summed E-state index contributed by atoms with van der Waals surface area (Å²) in [5, 5.41) is 13.9. The average Bonchev–Trinajstić information content (AvgIpc) is 3.02. The highest BCUT2D eigenvalue weighted by molar-refractivity contribution is 4.92. The van der Waals surface area contributed by atoms with E-state index in [1.54, 1.807) is 0 Å².